The highest BCUT2D eigenvalue weighted by atomic mass is 16.4. The van der Waals surface area contributed by atoms with Crippen molar-refractivity contribution in [3.05, 3.63) is 0 Å². The Balaban J connectivity index is 4.29. The summed E-state index contributed by atoms with van der Waals surface area (Å²) < 4.78 is 0. The van der Waals surface area contributed by atoms with Gasteiger partial charge in [-0.05, 0) is 27.2 Å². The zero-order valence-electron chi connectivity index (χ0n) is 11.5. The van der Waals surface area contributed by atoms with Gasteiger partial charge in [-0.1, -0.05) is 26.2 Å². The Morgan fingerprint density at radius 3 is 2.12 bits per heavy atom. The van der Waals surface area contributed by atoms with Gasteiger partial charge in [0.2, 0.25) is 5.91 Å². The molecule has 17 heavy (non-hydrogen) atoms. The topological polar surface area (TPSA) is 57.6 Å². The third-order valence-electron chi connectivity index (χ3n) is 2.65. The van der Waals surface area contributed by atoms with Crippen molar-refractivity contribution >= 4 is 11.9 Å². The largest absolute Gasteiger partial charge is 0.480 e. The molecule has 0 aliphatic carbocycles. The Bertz CT molecular complexity index is 256. The van der Waals surface area contributed by atoms with E-state index in [4.69, 9.17) is 5.11 Å². The van der Waals surface area contributed by atoms with Crippen molar-refractivity contribution in [1.29, 1.82) is 0 Å². The number of carboxylic acids is 1. The van der Waals surface area contributed by atoms with E-state index in [9.17, 15) is 9.59 Å². The van der Waals surface area contributed by atoms with Crippen molar-refractivity contribution < 1.29 is 14.7 Å². The van der Waals surface area contributed by atoms with Gasteiger partial charge in [-0.25, -0.2) is 0 Å². The van der Waals surface area contributed by atoms with E-state index >= 15 is 0 Å². The number of carboxylic acid groups (broad SMARTS) is 1. The van der Waals surface area contributed by atoms with E-state index in [1.54, 1.807) is 0 Å². The van der Waals surface area contributed by atoms with Crippen LogP contribution in [0.4, 0.5) is 0 Å². The summed E-state index contributed by atoms with van der Waals surface area (Å²) in [5, 5.41) is 8.81. The van der Waals surface area contributed by atoms with Gasteiger partial charge in [-0.2, -0.15) is 0 Å². The maximum Gasteiger partial charge on any atom is 0.323 e. The number of carbonyl (C=O) groups excluding carboxylic acids is 1. The molecule has 0 spiro atoms. The van der Waals surface area contributed by atoms with Gasteiger partial charge in [0.15, 0.2) is 0 Å². The van der Waals surface area contributed by atoms with E-state index in [0.29, 0.717) is 6.42 Å². The summed E-state index contributed by atoms with van der Waals surface area (Å²) in [5.41, 5.74) is -0.430. The van der Waals surface area contributed by atoms with Crippen molar-refractivity contribution in [2.24, 2.45) is 0 Å². The summed E-state index contributed by atoms with van der Waals surface area (Å²) in [7, 11) is 0. The van der Waals surface area contributed by atoms with E-state index in [1.807, 2.05) is 20.8 Å². The molecular weight excluding hydrogens is 218 g/mol. The number of rotatable bonds is 7. The molecule has 0 rings (SSSR count). The van der Waals surface area contributed by atoms with Gasteiger partial charge in [-0.3, -0.25) is 9.59 Å². The van der Waals surface area contributed by atoms with Crippen molar-refractivity contribution in [2.45, 2.75) is 65.3 Å². The van der Waals surface area contributed by atoms with E-state index in [1.165, 1.54) is 4.90 Å². The van der Waals surface area contributed by atoms with Gasteiger partial charge < -0.3 is 10.0 Å². The summed E-state index contributed by atoms with van der Waals surface area (Å²) in [6.07, 6.45) is 4.59. The van der Waals surface area contributed by atoms with Crippen LogP contribution >= 0.6 is 0 Å². The lowest BCUT2D eigenvalue weighted by Crippen LogP contribution is -2.48. The van der Waals surface area contributed by atoms with Gasteiger partial charge in [0.05, 0.1) is 0 Å². The Morgan fingerprint density at radius 2 is 1.71 bits per heavy atom. The number of carbonyl (C=O) groups is 2. The van der Waals surface area contributed by atoms with Crippen molar-refractivity contribution in [1.82, 2.24) is 4.90 Å². The third kappa shape index (κ3) is 6.97. The highest BCUT2D eigenvalue weighted by molar-refractivity contribution is 5.82. The first kappa shape index (κ1) is 15.9. The lowest BCUT2D eigenvalue weighted by molar-refractivity contribution is -0.148. The molecule has 0 saturated heterocycles. The Labute approximate surface area is 104 Å². The monoisotopic (exact) mass is 243 g/mol. The number of unbranched alkanes of at least 4 members (excludes halogenated alkanes) is 3. The fourth-order valence-corrected chi connectivity index (χ4v) is 1.67. The highest BCUT2D eigenvalue weighted by Crippen LogP contribution is 2.16. The third-order valence-corrected chi connectivity index (χ3v) is 2.65. The molecule has 100 valence electrons. The first-order chi connectivity index (χ1) is 7.79. The molecule has 0 unspecified atom stereocenters. The quantitative estimate of drug-likeness (QED) is 0.699. The van der Waals surface area contributed by atoms with Crippen LogP contribution in [0.25, 0.3) is 0 Å². The molecule has 0 bridgehead atoms. The molecule has 0 aromatic carbocycles. The molecule has 0 saturated carbocycles. The van der Waals surface area contributed by atoms with Crippen LogP contribution in [0.5, 0.6) is 0 Å². The van der Waals surface area contributed by atoms with Crippen LogP contribution < -0.4 is 0 Å². The van der Waals surface area contributed by atoms with Gasteiger partial charge in [-0.15, -0.1) is 0 Å². The van der Waals surface area contributed by atoms with Gasteiger partial charge >= 0.3 is 5.97 Å². The second-order valence-electron chi connectivity index (χ2n) is 5.36. The number of hydrogen-bond acceptors (Lipinski definition) is 2. The van der Waals surface area contributed by atoms with Crippen molar-refractivity contribution in [3.63, 3.8) is 0 Å². The van der Waals surface area contributed by atoms with Gasteiger partial charge in [0.1, 0.15) is 6.54 Å². The van der Waals surface area contributed by atoms with E-state index in [2.05, 4.69) is 6.92 Å². The SMILES string of the molecule is CCCCCCC(=O)N(CC(=O)O)C(C)(C)C. The molecular formula is C13H25NO3. The highest BCUT2D eigenvalue weighted by Gasteiger charge is 2.27. The fourth-order valence-electron chi connectivity index (χ4n) is 1.67. The minimum absolute atomic E-state index is 0.0593. The molecule has 0 heterocycles. The summed E-state index contributed by atoms with van der Waals surface area (Å²) in [4.78, 5) is 24.1. The van der Waals surface area contributed by atoms with Crippen molar-refractivity contribution in [2.75, 3.05) is 6.54 Å². The Hall–Kier alpha value is -1.06. The number of nitrogens with zero attached hydrogens (tertiary/aromatic N) is 1. The van der Waals surface area contributed by atoms with E-state index in [0.717, 1.165) is 25.7 Å². The molecule has 1 N–H and O–H groups in total. The molecule has 4 heteroatoms. The molecule has 0 atom stereocenters. The molecule has 0 aromatic rings. The van der Waals surface area contributed by atoms with Crippen LogP contribution in [0.15, 0.2) is 0 Å². The van der Waals surface area contributed by atoms with Crippen LogP contribution in [-0.4, -0.2) is 34.0 Å². The summed E-state index contributed by atoms with van der Waals surface area (Å²) in [6.45, 7) is 7.49. The average molecular weight is 243 g/mol. The maximum absolute atomic E-state index is 12.0. The second-order valence-corrected chi connectivity index (χ2v) is 5.36. The second kappa shape index (κ2) is 7.30. The predicted octanol–water partition coefficient (Wildman–Crippen LogP) is 2.67. The van der Waals surface area contributed by atoms with Crippen LogP contribution in [0.2, 0.25) is 0 Å². The Morgan fingerprint density at radius 1 is 1.12 bits per heavy atom. The molecule has 0 aliphatic heterocycles. The van der Waals surface area contributed by atoms with Crippen LogP contribution in [0.1, 0.15) is 59.8 Å². The van der Waals surface area contributed by atoms with Gasteiger partial charge in [0.25, 0.3) is 0 Å². The summed E-state index contributed by atoms with van der Waals surface area (Å²) >= 11 is 0. The number of hydrogen-bond donors (Lipinski definition) is 1. The smallest absolute Gasteiger partial charge is 0.323 e. The fraction of sp³-hybridized carbons (Fsp3) is 0.846. The zero-order chi connectivity index (χ0) is 13.5. The average Bonchev–Trinajstić information content (AvgIpc) is 2.19. The number of aliphatic carboxylic acids is 1. The minimum Gasteiger partial charge on any atom is -0.480 e. The van der Waals surface area contributed by atoms with E-state index < -0.39 is 11.5 Å². The zero-order valence-corrected chi connectivity index (χ0v) is 11.5. The molecule has 1 amide bonds. The Kier molecular flexibility index (Phi) is 6.85. The summed E-state index contributed by atoms with van der Waals surface area (Å²) in [5.74, 6) is -1.02. The minimum atomic E-state index is -0.957. The molecule has 0 fully saturated rings. The normalized spacial score (nSPS) is 11.3. The van der Waals surface area contributed by atoms with E-state index in [-0.39, 0.29) is 12.5 Å². The number of amides is 1. The molecule has 4 nitrogen and oxygen atoms in total. The van der Waals surface area contributed by atoms with Crippen LogP contribution in [-0.2, 0) is 9.59 Å². The predicted molar refractivity (Wildman–Crippen MR) is 67.9 cm³/mol. The maximum atomic E-state index is 12.0. The molecule has 0 aliphatic rings. The summed E-state index contributed by atoms with van der Waals surface area (Å²) in [6, 6.07) is 0. The van der Waals surface area contributed by atoms with Crippen LogP contribution in [0.3, 0.4) is 0 Å². The molecule has 0 aromatic heterocycles. The van der Waals surface area contributed by atoms with Crippen LogP contribution in [0, 0.1) is 0 Å². The lowest BCUT2D eigenvalue weighted by atomic mass is 10.0. The first-order valence-electron chi connectivity index (χ1n) is 6.31. The van der Waals surface area contributed by atoms with Crippen molar-refractivity contribution in [3.8, 4) is 0 Å². The first-order valence-corrected chi connectivity index (χ1v) is 6.31. The van der Waals surface area contributed by atoms with Gasteiger partial charge in [0, 0.05) is 12.0 Å². The lowest BCUT2D eigenvalue weighted by Gasteiger charge is -2.34. The standard InChI is InChI=1S/C13H25NO3/c1-5-6-7-8-9-11(15)14(10-12(16)17)13(2,3)4/h5-10H2,1-4H3,(H,16,17). The molecule has 0 radical (unpaired) electrons.